The first kappa shape index (κ1) is 24.0. The number of hydrogen-bond donors (Lipinski definition) is 0. The summed E-state index contributed by atoms with van der Waals surface area (Å²) in [5, 5.41) is 0. The van der Waals surface area contributed by atoms with Crippen LogP contribution in [0.15, 0.2) is 79.4 Å². The van der Waals surface area contributed by atoms with Gasteiger partial charge in [0.05, 0.1) is 24.3 Å². The molecule has 0 heterocycles. The lowest BCUT2D eigenvalue weighted by Crippen LogP contribution is -2.13. The van der Waals surface area contributed by atoms with E-state index in [0.717, 1.165) is 22.8 Å². The second-order valence-electron chi connectivity index (χ2n) is 8.21. The first-order chi connectivity index (χ1) is 17.0. The van der Waals surface area contributed by atoms with E-state index in [9.17, 15) is 14.4 Å². The molecule has 4 rings (SSSR count). The lowest BCUT2D eigenvalue weighted by molar-refractivity contribution is -0.137. The SMILES string of the molecule is C=CC(=O)OCCCCOC(=O)c1cccc(C(=O)Oc2cccc3c2C(C)c2ccccc2-3)c1. The van der Waals surface area contributed by atoms with E-state index < -0.39 is 17.9 Å². The van der Waals surface area contributed by atoms with E-state index >= 15 is 0 Å². The minimum absolute atomic E-state index is 0.104. The zero-order valence-electron chi connectivity index (χ0n) is 19.5. The number of hydrogen-bond acceptors (Lipinski definition) is 6. The van der Waals surface area contributed by atoms with Gasteiger partial charge in [-0.3, -0.25) is 0 Å². The summed E-state index contributed by atoms with van der Waals surface area (Å²) in [5.41, 5.74) is 4.92. The lowest BCUT2D eigenvalue weighted by atomic mass is 9.98. The van der Waals surface area contributed by atoms with E-state index in [4.69, 9.17) is 14.2 Å². The molecular weight excluding hydrogens is 444 g/mol. The third kappa shape index (κ3) is 5.32. The maximum atomic E-state index is 13.0. The number of unbranched alkanes of at least 4 members (excludes halogenated alkanes) is 1. The summed E-state index contributed by atoms with van der Waals surface area (Å²) in [5.74, 6) is -0.939. The van der Waals surface area contributed by atoms with Crippen LogP contribution in [-0.4, -0.2) is 31.1 Å². The molecule has 35 heavy (non-hydrogen) atoms. The average molecular weight is 471 g/mol. The largest absolute Gasteiger partial charge is 0.463 e. The molecule has 6 heteroatoms. The van der Waals surface area contributed by atoms with Gasteiger partial charge in [-0.2, -0.15) is 0 Å². The Hall–Kier alpha value is -4.19. The zero-order valence-corrected chi connectivity index (χ0v) is 19.5. The molecule has 1 atom stereocenters. The van der Waals surface area contributed by atoms with Crippen molar-refractivity contribution in [1.82, 2.24) is 0 Å². The molecule has 3 aromatic rings. The van der Waals surface area contributed by atoms with Gasteiger partial charge in [-0.1, -0.05) is 56.0 Å². The quantitative estimate of drug-likeness (QED) is 0.173. The smallest absolute Gasteiger partial charge is 0.343 e. The first-order valence-corrected chi connectivity index (χ1v) is 11.5. The fraction of sp³-hybridized carbons (Fsp3) is 0.207. The number of ether oxygens (including phenoxy) is 3. The predicted molar refractivity (Wildman–Crippen MR) is 131 cm³/mol. The van der Waals surface area contributed by atoms with Crippen molar-refractivity contribution in [3.8, 4) is 16.9 Å². The van der Waals surface area contributed by atoms with Crippen molar-refractivity contribution in [1.29, 1.82) is 0 Å². The van der Waals surface area contributed by atoms with Crippen LogP contribution < -0.4 is 4.74 Å². The van der Waals surface area contributed by atoms with Gasteiger partial charge in [-0.05, 0) is 53.8 Å². The molecule has 0 saturated heterocycles. The molecule has 0 radical (unpaired) electrons. The minimum atomic E-state index is -0.541. The summed E-state index contributed by atoms with van der Waals surface area (Å²) >= 11 is 0. The molecule has 0 saturated carbocycles. The summed E-state index contributed by atoms with van der Waals surface area (Å²) in [6.07, 6.45) is 2.20. The third-order valence-electron chi connectivity index (χ3n) is 5.94. The Balaban J connectivity index is 1.38. The van der Waals surface area contributed by atoms with Gasteiger partial charge in [0, 0.05) is 17.6 Å². The highest BCUT2D eigenvalue weighted by atomic mass is 16.5. The van der Waals surface area contributed by atoms with Gasteiger partial charge >= 0.3 is 17.9 Å². The van der Waals surface area contributed by atoms with Crippen LogP contribution in [0.2, 0.25) is 0 Å². The van der Waals surface area contributed by atoms with Crippen molar-refractivity contribution in [2.45, 2.75) is 25.7 Å². The van der Waals surface area contributed by atoms with Crippen molar-refractivity contribution >= 4 is 17.9 Å². The molecule has 1 aliphatic rings. The third-order valence-corrected chi connectivity index (χ3v) is 5.94. The lowest BCUT2D eigenvalue weighted by Gasteiger charge is -2.13. The second kappa shape index (κ2) is 10.8. The number of carbonyl (C=O) groups excluding carboxylic acids is 3. The molecule has 0 fully saturated rings. The Kier molecular flexibility index (Phi) is 7.41. The van der Waals surface area contributed by atoms with Crippen molar-refractivity contribution in [2.24, 2.45) is 0 Å². The van der Waals surface area contributed by atoms with E-state index in [1.54, 1.807) is 24.3 Å². The van der Waals surface area contributed by atoms with Crippen LogP contribution in [0.4, 0.5) is 0 Å². The van der Waals surface area contributed by atoms with Gasteiger partial charge in [0.1, 0.15) is 5.75 Å². The number of rotatable bonds is 9. The van der Waals surface area contributed by atoms with Crippen molar-refractivity contribution in [2.75, 3.05) is 13.2 Å². The summed E-state index contributed by atoms with van der Waals surface area (Å²) < 4.78 is 15.9. The molecule has 1 aliphatic carbocycles. The highest BCUT2D eigenvalue weighted by Crippen LogP contribution is 2.48. The molecule has 0 bridgehead atoms. The zero-order chi connectivity index (χ0) is 24.8. The standard InChI is InChI=1S/C29H26O6/c1-3-26(30)33-16-6-7-17-34-28(31)20-10-8-11-21(18-20)29(32)35-25-15-9-14-24-23-13-5-4-12-22(23)19(2)27(24)25/h3-5,8-15,18-19H,1,6-7,16-17H2,2H3. The minimum Gasteiger partial charge on any atom is -0.463 e. The molecule has 0 N–H and O–H groups in total. The maximum absolute atomic E-state index is 13.0. The van der Waals surface area contributed by atoms with Gasteiger partial charge < -0.3 is 14.2 Å². The van der Waals surface area contributed by atoms with Crippen LogP contribution in [0.1, 0.15) is 57.5 Å². The van der Waals surface area contributed by atoms with Gasteiger partial charge in [-0.25, -0.2) is 14.4 Å². The Morgan fingerprint density at radius 2 is 1.49 bits per heavy atom. The van der Waals surface area contributed by atoms with Crippen LogP contribution in [0.3, 0.4) is 0 Å². The topological polar surface area (TPSA) is 78.9 Å². The van der Waals surface area contributed by atoms with Crippen molar-refractivity contribution in [3.05, 3.63) is 102 Å². The van der Waals surface area contributed by atoms with Crippen LogP contribution in [-0.2, 0) is 14.3 Å². The van der Waals surface area contributed by atoms with Crippen LogP contribution in [0, 0.1) is 0 Å². The monoisotopic (exact) mass is 470 g/mol. The number of esters is 3. The van der Waals surface area contributed by atoms with E-state index in [1.165, 1.54) is 11.6 Å². The van der Waals surface area contributed by atoms with E-state index in [2.05, 4.69) is 25.6 Å². The van der Waals surface area contributed by atoms with Gasteiger partial charge in [0.2, 0.25) is 0 Å². The highest BCUT2D eigenvalue weighted by Gasteiger charge is 2.29. The van der Waals surface area contributed by atoms with Crippen LogP contribution in [0.5, 0.6) is 5.75 Å². The van der Waals surface area contributed by atoms with Crippen LogP contribution in [0.25, 0.3) is 11.1 Å². The molecule has 0 aromatic heterocycles. The number of carbonyl (C=O) groups is 3. The Morgan fingerprint density at radius 1 is 0.829 bits per heavy atom. The molecule has 0 amide bonds. The summed E-state index contributed by atoms with van der Waals surface area (Å²) in [4.78, 5) is 36.4. The normalized spacial score (nSPS) is 13.3. The fourth-order valence-electron chi connectivity index (χ4n) is 4.21. The molecule has 0 spiro atoms. The van der Waals surface area contributed by atoms with Crippen LogP contribution >= 0.6 is 0 Å². The Labute approximate surface area is 204 Å². The van der Waals surface area contributed by atoms with E-state index in [0.29, 0.717) is 18.6 Å². The van der Waals surface area contributed by atoms with Crippen molar-refractivity contribution < 1.29 is 28.6 Å². The average Bonchev–Trinajstić information content (AvgIpc) is 3.18. The summed E-state index contributed by atoms with van der Waals surface area (Å²) in [7, 11) is 0. The van der Waals surface area contributed by atoms with Crippen molar-refractivity contribution in [3.63, 3.8) is 0 Å². The maximum Gasteiger partial charge on any atom is 0.343 e. The molecule has 178 valence electrons. The molecule has 6 nitrogen and oxygen atoms in total. The molecule has 1 unspecified atom stereocenters. The Bertz CT molecular complexity index is 1280. The van der Waals surface area contributed by atoms with Gasteiger partial charge in [0.15, 0.2) is 0 Å². The van der Waals surface area contributed by atoms with E-state index in [-0.39, 0.29) is 30.3 Å². The Morgan fingerprint density at radius 3 is 2.26 bits per heavy atom. The number of benzene rings is 3. The molecular formula is C29H26O6. The summed E-state index contributed by atoms with van der Waals surface area (Å²) in [6, 6.07) is 20.2. The van der Waals surface area contributed by atoms with Gasteiger partial charge in [0.25, 0.3) is 0 Å². The molecule has 0 aliphatic heterocycles. The highest BCUT2D eigenvalue weighted by molar-refractivity contribution is 5.96. The fourth-order valence-corrected chi connectivity index (χ4v) is 4.21. The molecule has 3 aromatic carbocycles. The summed E-state index contributed by atoms with van der Waals surface area (Å²) in [6.45, 7) is 5.83. The first-order valence-electron chi connectivity index (χ1n) is 11.5. The van der Waals surface area contributed by atoms with Gasteiger partial charge in [-0.15, -0.1) is 0 Å². The predicted octanol–water partition coefficient (Wildman–Crippen LogP) is 5.70. The number of fused-ring (bicyclic) bond motifs is 3. The second-order valence-corrected chi connectivity index (χ2v) is 8.21. The van der Waals surface area contributed by atoms with E-state index in [1.807, 2.05) is 24.3 Å².